The van der Waals surface area contributed by atoms with E-state index >= 15 is 0 Å². The summed E-state index contributed by atoms with van der Waals surface area (Å²) in [6.07, 6.45) is 5.79. The lowest BCUT2D eigenvalue weighted by molar-refractivity contribution is 0.566. The lowest BCUT2D eigenvalue weighted by Gasteiger charge is -2.10. The van der Waals surface area contributed by atoms with Crippen molar-refractivity contribution < 1.29 is 0 Å². The van der Waals surface area contributed by atoms with E-state index in [-0.39, 0.29) is 0 Å². The van der Waals surface area contributed by atoms with E-state index in [1.807, 2.05) is 19.2 Å². The molecular weight excluding hydrogens is 266 g/mol. The molecule has 0 aromatic carbocycles. The summed E-state index contributed by atoms with van der Waals surface area (Å²) in [4.78, 5) is 13.1. The van der Waals surface area contributed by atoms with Gasteiger partial charge in [-0.15, -0.1) is 0 Å². The van der Waals surface area contributed by atoms with E-state index in [4.69, 9.17) is 0 Å². The molecule has 0 spiro atoms. The fourth-order valence-corrected chi connectivity index (χ4v) is 1.88. The molecule has 2 heterocycles. The van der Waals surface area contributed by atoms with E-state index in [0.717, 1.165) is 19.5 Å². The lowest BCUT2D eigenvalue weighted by Crippen LogP contribution is -2.13. The van der Waals surface area contributed by atoms with Gasteiger partial charge in [-0.1, -0.05) is 13.8 Å². The molecule has 2 N–H and O–H groups in total. The topological polar surface area (TPSA) is 80.5 Å². The molecule has 0 fully saturated rings. The second kappa shape index (κ2) is 7.56. The van der Waals surface area contributed by atoms with Gasteiger partial charge in [0.05, 0.1) is 0 Å². The summed E-state index contributed by atoms with van der Waals surface area (Å²) in [5.74, 6) is 2.36. The van der Waals surface area contributed by atoms with E-state index in [1.165, 1.54) is 6.42 Å². The van der Waals surface area contributed by atoms with Crippen LogP contribution in [0.4, 0.5) is 11.9 Å². The van der Waals surface area contributed by atoms with Crippen LogP contribution >= 0.6 is 0 Å². The van der Waals surface area contributed by atoms with E-state index < -0.39 is 0 Å². The van der Waals surface area contributed by atoms with Crippen molar-refractivity contribution >= 4 is 11.9 Å². The van der Waals surface area contributed by atoms with Crippen LogP contribution < -0.4 is 10.6 Å². The Morgan fingerprint density at radius 1 is 1.14 bits per heavy atom. The Morgan fingerprint density at radius 2 is 1.90 bits per heavy atom. The third-order valence-corrected chi connectivity index (χ3v) is 2.91. The lowest BCUT2D eigenvalue weighted by atomic mass is 10.1. The number of hydrogen-bond donors (Lipinski definition) is 2. The van der Waals surface area contributed by atoms with E-state index in [2.05, 4.69) is 44.5 Å². The molecule has 0 saturated heterocycles. The van der Waals surface area contributed by atoms with Crippen LogP contribution in [-0.2, 0) is 0 Å². The van der Waals surface area contributed by atoms with E-state index in [1.54, 1.807) is 10.9 Å². The maximum Gasteiger partial charge on any atom is 0.257 e. The molecule has 0 unspecified atom stereocenters. The van der Waals surface area contributed by atoms with Gasteiger partial charge < -0.3 is 10.6 Å². The van der Waals surface area contributed by atoms with Gasteiger partial charge in [0.15, 0.2) is 0 Å². The Bertz CT molecular complexity index is 536. The quantitative estimate of drug-likeness (QED) is 0.726. The van der Waals surface area contributed by atoms with Gasteiger partial charge in [0.25, 0.3) is 5.95 Å². The fourth-order valence-electron chi connectivity index (χ4n) is 1.88. The normalized spacial score (nSPS) is 10.9. The minimum Gasteiger partial charge on any atom is -0.354 e. The minimum atomic E-state index is 0.511. The summed E-state index contributed by atoms with van der Waals surface area (Å²) in [7, 11) is 0. The van der Waals surface area contributed by atoms with Crippen molar-refractivity contribution in [2.24, 2.45) is 5.92 Å². The van der Waals surface area contributed by atoms with Gasteiger partial charge in [-0.25, -0.2) is 4.68 Å². The number of hydrogen-bond acceptors (Lipinski definition) is 6. The SMILES string of the molecule is CCNc1nc(NCCCC(C)C)nc(-n2cccn2)n1. The number of anilines is 2. The zero-order valence-electron chi connectivity index (χ0n) is 12.9. The van der Waals surface area contributed by atoms with Gasteiger partial charge in [0, 0.05) is 25.5 Å². The molecule has 21 heavy (non-hydrogen) atoms. The molecule has 0 atom stereocenters. The van der Waals surface area contributed by atoms with Crippen molar-refractivity contribution in [1.82, 2.24) is 24.7 Å². The molecule has 0 bridgehead atoms. The molecule has 0 amide bonds. The van der Waals surface area contributed by atoms with Crippen LogP contribution in [0.5, 0.6) is 0 Å². The Hall–Kier alpha value is -2.18. The molecule has 0 aliphatic carbocycles. The monoisotopic (exact) mass is 289 g/mol. The standard InChI is InChI=1S/C14H23N7/c1-4-15-12-18-13(16-8-5-7-11(2)3)20-14(19-12)21-10-6-9-17-21/h6,9-11H,4-5,7-8H2,1-3H3,(H2,15,16,18,19,20). The van der Waals surface area contributed by atoms with Crippen LogP contribution in [0.2, 0.25) is 0 Å². The minimum absolute atomic E-state index is 0.511. The summed E-state index contributed by atoms with van der Waals surface area (Å²) in [6.45, 7) is 8.07. The summed E-state index contributed by atoms with van der Waals surface area (Å²) in [5, 5.41) is 10.5. The van der Waals surface area contributed by atoms with Gasteiger partial charge in [-0.05, 0) is 31.7 Å². The first-order valence-corrected chi connectivity index (χ1v) is 7.43. The summed E-state index contributed by atoms with van der Waals surface area (Å²) in [6, 6.07) is 1.84. The third-order valence-electron chi connectivity index (χ3n) is 2.91. The Kier molecular flexibility index (Phi) is 5.48. The zero-order chi connectivity index (χ0) is 15.1. The highest BCUT2D eigenvalue weighted by Gasteiger charge is 2.07. The van der Waals surface area contributed by atoms with Crippen LogP contribution in [0, 0.1) is 5.92 Å². The Balaban J connectivity index is 2.08. The Morgan fingerprint density at radius 3 is 2.52 bits per heavy atom. The van der Waals surface area contributed by atoms with Gasteiger partial charge >= 0.3 is 0 Å². The number of nitrogens with zero attached hydrogens (tertiary/aromatic N) is 5. The van der Waals surface area contributed by atoms with Crippen LogP contribution in [0.15, 0.2) is 18.5 Å². The van der Waals surface area contributed by atoms with Crippen molar-refractivity contribution in [2.45, 2.75) is 33.6 Å². The summed E-state index contributed by atoms with van der Waals surface area (Å²) in [5.41, 5.74) is 0. The van der Waals surface area contributed by atoms with Gasteiger partial charge in [0.1, 0.15) is 0 Å². The molecule has 114 valence electrons. The predicted octanol–water partition coefficient (Wildman–Crippen LogP) is 2.34. The van der Waals surface area contributed by atoms with E-state index in [0.29, 0.717) is 23.8 Å². The van der Waals surface area contributed by atoms with Crippen molar-refractivity contribution in [1.29, 1.82) is 0 Å². The molecule has 0 aliphatic heterocycles. The molecule has 0 radical (unpaired) electrons. The summed E-state index contributed by atoms with van der Waals surface area (Å²) >= 11 is 0. The number of nitrogens with one attached hydrogen (secondary N) is 2. The van der Waals surface area contributed by atoms with E-state index in [9.17, 15) is 0 Å². The number of aromatic nitrogens is 5. The zero-order valence-corrected chi connectivity index (χ0v) is 12.9. The van der Waals surface area contributed by atoms with Gasteiger partial charge in [-0.3, -0.25) is 0 Å². The van der Waals surface area contributed by atoms with Crippen LogP contribution in [-0.4, -0.2) is 37.8 Å². The maximum atomic E-state index is 4.40. The molecule has 2 aromatic rings. The van der Waals surface area contributed by atoms with Crippen molar-refractivity contribution in [3.63, 3.8) is 0 Å². The molecule has 7 nitrogen and oxygen atoms in total. The van der Waals surface area contributed by atoms with Crippen LogP contribution in [0.3, 0.4) is 0 Å². The fraction of sp³-hybridized carbons (Fsp3) is 0.571. The number of rotatable bonds is 8. The molecule has 2 aromatic heterocycles. The van der Waals surface area contributed by atoms with Crippen molar-refractivity contribution in [3.8, 4) is 5.95 Å². The summed E-state index contributed by atoms with van der Waals surface area (Å²) < 4.78 is 1.63. The van der Waals surface area contributed by atoms with Gasteiger partial charge in [0.2, 0.25) is 11.9 Å². The second-order valence-electron chi connectivity index (χ2n) is 5.23. The molecule has 0 saturated carbocycles. The predicted molar refractivity (Wildman–Crippen MR) is 83.7 cm³/mol. The molecule has 0 aliphatic rings. The van der Waals surface area contributed by atoms with Crippen LogP contribution in [0.25, 0.3) is 5.95 Å². The largest absolute Gasteiger partial charge is 0.354 e. The molecule has 2 rings (SSSR count). The van der Waals surface area contributed by atoms with Crippen molar-refractivity contribution in [3.05, 3.63) is 18.5 Å². The highest BCUT2D eigenvalue weighted by molar-refractivity contribution is 5.37. The highest BCUT2D eigenvalue weighted by Crippen LogP contribution is 2.09. The maximum absolute atomic E-state index is 4.40. The van der Waals surface area contributed by atoms with Crippen molar-refractivity contribution in [2.75, 3.05) is 23.7 Å². The first-order valence-electron chi connectivity index (χ1n) is 7.43. The van der Waals surface area contributed by atoms with Gasteiger partial charge in [-0.2, -0.15) is 20.1 Å². The molecule has 7 heteroatoms. The first kappa shape index (κ1) is 15.2. The van der Waals surface area contributed by atoms with Crippen LogP contribution in [0.1, 0.15) is 33.6 Å². The molecular formula is C14H23N7. The second-order valence-corrected chi connectivity index (χ2v) is 5.23. The average molecular weight is 289 g/mol. The average Bonchev–Trinajstić information content (AvgIpc) is 2.98. The third kappa shape index (κ3) is 4.70. The smallest absolute Gasteiger partial charge is 0.257 e. The highest BCUT2D eigenvalue weighted by atomic mass is 15.4. The Labute approximate surface area is 125 Å². The first-order chi connectivity index (χ1) is 10.2.